The lowest BCUT2D eigenvalue weighted by molar-refractivity contribution is 0.284. The average Bonchev–Trinajstić information content (AvgIpc) is 2.52. The number of ether oxygens (including phenoxy) is 2. The highest BCUT2D eigenvalue weighted by Gasteiger charge is 2.06. The van der Waals surface area contributed by atoms with Crippen LogP contribution in [0.4, 0.5) is 0 Å². The van der Waals surface area contributed by atoms with Crippen molar-refractivity contribution < 1.29 is 9.47 Å². The van der Waals surface area contributed by atoms with Crippen LogP contribution >= 0.6 is 0 Å². The predicted molar refractivity (Wildman–Crippen MR) is 82.4 cm³/mol. The van der Waals surface area contributed by atoms with Crippen molar-refractivity contribution in [2.24, 2.45) is 0 Å². The molecular weight excluding hydrogens is 262 g/mol. The maximum absolute atomic E-state index is 8.67. The molecule has 0 amide bonds. The molecule has 0 fully saturated rings. The molecule has 0 saturated heterocycles. The SMILES string of the molecule is COc1ccc(CCC#N)cc1OCc1ccc(C)cc1. The molecule has 0 bridgehead atoms. The molecule has 0 unspecified atom stereocenters. The van der Waals surface area contributed by atoms with Crippen LogP contribution in [0.15, 0.2) is 42.5 Å². The first-order valence-corrected chi connectivity index (χ1v) is 6.95. The maximum atomic E-state index is 8.67. The number of hydrogen-bond donors (Lipinski definition) is 0. The highest BCUT2D eigenvalue weighted by atomic mass is 16.5. The summed E-state index contributed by atoms with van der Waals surface area (Å²) in [5.41, 5.74) is 3.43. The van der Waals surface area contributed by atoms with E-state index in [1.165, 1.54) is 5.56 Å². The van der Waals surface area contributed by atoms with Crippen molar-refractivity contribution >= 4 is 0 Å². The quantitative estimate of drug-likeness (QED) is 0.802. The third kappa shape index (κ3) is 4.25. The molecule has 0 heterocycles. The number of benzene rings is 2. The molecule has 108 valence electrons. The Labute approximate surface area is 125 Å². The van der Waals surface area contributed by atoms with Gasteiger partial charge in [-0.15, -0.1) is 0 Å². The summed E-state index contributed by atoms with van der Waals surface area (Å²) in [5, 5.41) is 8.67. The molecule has 2 aromatic carbocycles. The summed E-state index contributed by atoms with van der Waals surface area (Å²) >= 11 is 0. The zero-order valence-corrected chi connectivity index (χ0v) is 12.4. The number of methoxy groups -OCH3 is 1. The van der Waals surface area contributed by atoms with Crippen LogP contribution in [0.3, 0.4) is 0 Å². The zero-order valence-electron chi connectivity index (χ0n) is 12.4. The van der Waals surface area contributed by atoms with E-state index in [0.29, 0.717) is 24.5 Å². The number of aryl methyl sites for hydroxylation is 2. The van der Waals surface area contributed by atoms with E-state index in [9.17, 15) is 0 Å². The number of nitriles is 1. The van der Waals surface area contributed by atoms with Gasteiger partial charge in [-0.05, 0) is 36.6 Å². The number of nitrogens with zero attached hydrogens (tertiary/aromatic N) is 1. The lowest BCUT2D eigenvalue weighted by Crippen LogP contribution is -1.99. The Morgan fingerprint density at radius 3 is 2.38 bits per heavy atom. The Balaban J connectivity index is 2.09. The molecule has 0 aliphatic heterocycles. The Morgan fingerprint density at radius 1 is 1.00 bits per heavy atom. The first kappa shape index (κ1) is 14.9. The van der Waals surface area contributed by atoms with Crippen LogP contribution in [0.2, 0.25) is 0 Å². The van der Waals surface area contributed by atoms with Crippen LogP contribution in [0, 0.1) is 18.3 Å². The van der Waals surface area contributed by atoms with Crippen molar-refractivity contribution in [3.8, 4) is 17.6 Å². The van der Waals surface area contributed by atoms with Gasteiger partial charge < -0.3 is 9.47 Å². The highest BCUT2D eigenvalue weighted by Crippen LogP contribution is 2.29. The highest BCUT2D eigenvalue weighted by molar-refractivity contribution is 5.43. The van der Waals surface area contributed by atoms with Gasteiger partial charge in [0, 0.05) is 6.42 Å². The summed E-state index contributed by atoms with van der Waals surface area (Å²) in [7, 11) is 1.63. The van der Waals surface area contributed by atoms with E-state index in [1.54, 1.807) is 7.11 Å². The third-order valence-corrected chi connectivity index (χ3v) is 3.27. The molecule has 2 rings (SSSR count). The van der Waals surface area contributed by atoms with Crippen molar-refractivity contribution in [1.82, 2.24) is 0 Å². The molecule has 0 aliphatic carbocycles. The largest absolute Gasteiger partial charge is 0.493 e. The third-order valence-electron chi connectivity index (χ3n) is 3.27. The van der Waals surface area contributed by atoms with Gasteiger partial charge in [0.2, 0.25) is 0 Å². The van der Waals surface area contributed by atoms with Gasteiger partial charge in [0.25, 0.3) is 0 Å². The molecule has 0 saturated carbocycles. The van der Waals surface area contributed by atoms with Gasteiger partial charge in [-0.3, -0.25) is 0 Å². The fourth-order valence-electron chi connectivity index (χ4n) is 2.04. The van der Waals surface area contributed by atoms with Gasteiger partial charge >= 0.3 is 0 Å². The van der Waals surface area contributed by atoms with Gasteiger partial charge in [-0.25, -0.2) is 0 Å². The van der Waals surface area contributed by atoms with Crippen molar-refractivity contribution in [3.63, 3.8) is 0 Å². The molecule has 0 aromatic heterocycles. The van der Waals surface area contributed by atoms with Crippen LogP contribution in [0.5, 0.6) is 11.5 Å². The molecule has 0 atom stereocenters. The van der Waals surface area contributed by atoms with E-state index in [1.807, 2.05) is 18.2 Å². The van der Waals surface area contributed by atoms with Crippen molar-refractivity contribution in [2.45, 2.75) is 26.4 Å². The van der Waals surface area contributed by atoms with E-state index in [-0.39, 0.29) is 0 Å². The second kappa shape index (κ2) is 7.35. The summed E-state index contributed by atoms with van der Waals surface area (Å²) in [6.07, 6.45) is 1.23. The van der Waals surface area contributed by atoms with Crippen LogP contribution in [0.25, 0.3) is 0 Å². The van der Waals surface area contributed by atoms with E-state index in [2.05, 4.69) is 37.3 Å². The number of hydrogen-bond acceptors (Lipinski definition) is 3. The molecule has 21 heavy (non-hydrogen) atoms. The Kier molecular flexibility index (Phi) is 5.22. The fourth-order valence-corrected chi connectivity index (χ4v) is 2.04. The van der Waals surface area contributed by atoms with Gasteiger partial charge in [0.15, 0.2) is 11.5 Å². The van der Waals surface area contributed by atoms with Gasteiger partial charge in [0.1, 0.15) is 6.61 Å². The number of rotatable bonds is 6. The monoisotopic (exact) mass is 281 g/mol. The molecule has 3 nitrogen and oxygen atoms in total. The van der Waals surface area contributed by atoms with Gasteiger partial charge in [0.05, 0.1) is 13.2 Å². The Bertz CT molecular complexity index is 627. The van der Waals surface area contributed by atoms with Crippen molar-refractivity contribution in [1.29, 1.82) is 5.26 Å². The van der Waals surface area contributed by atoms with Gasteiger partial charge in [-0.2, -0.15) is 5.26 Å². The first-order valence-electron chi connectivity index (χ1n) is 6.95. The Hall–Kier alpha value is -2.47. The van der Waals surface area contributed by atoms with Crippen LogP contribution in [0.1, 0.15) is 23.1 Å². The molecule has 2 aromatic rings. The molecule has 0 aliphatic rings. The lowest BCUT2D eigenvalue weighted by Gasteiger charge is -2.12. The van der Waals surface area contributed by atoms with E-state index in [0.717, 1.165) is 17.5 Å². The summed E-state index contributed by atoms with van der Waals surface area (Å²) < 4.78 is 11.2. The van der Waals surface area contributed by atoms with E-state index in [4.69, 9.17) is 14.7 Å². The fraction of sp³-hybridized carbons (Fsp3) is 0.278. The van der Waals surface area contributed by atoms with Crippen LogP contribution < -0.4 is 9.47 Å². The summed E-state index contributed by atoms with van der Waals surface area (Å²) in [4.78, 5) is 0. The maximum Gasteiger partial charge on any atom is 0.161 e. The standard InChI is InChI=1S/C18H19NO2/c1-14-5-7-16(8-6-14)13-21-18-12-15(4-3-11-19)9-10-17(18)20-2/h5-10,12H,3-4,13H2,1-2H3. The summed E-state index contributed by atoms with van der Waals surface area (Å²) in [5.74, 6) is 1.43. The van der Waals surface area contributed by atoms with Crippen molar-refractivity contribution in [2.75, 3.05) is 7.11 Å². The zero-order chi connectivity index (χ0) is 15.1. The van der Waals surface area contributed by atoms with E-state index >= 15 is 0 Å². The topological polar surface area (TPSA) is 42.2 Å². The molecule has 0 radical (unpaired) electrons. The molecule has 0 spiro atoms. The normalized spacial score (nSPS) is 9.95. The molecule has 0 N–H and O–H groups in total. The van der Waals surface area contributed by atoms with E-state index < -0.39 is 0 Å². The second-order valence-electron chi connectivity index (χ2n) is 4.92. The summed E-state index contributed by atoms with van der Waals surface area (Å²) in [6.45, 7) is 2.56. The molecule has 3 heteroatoms. The first-order chi connectivity index (χ1) is 10.2. The minimum absolute atomic E-state index is 0.498. The van der Waals surface area contributed by atoms with Crippen molar-refractivity contribution in [3.05, 3.63) is 59.2 Å². The lowest BCUT2D eigenvalue weighted by atomic mass is 10.1. The van der Waals surface area contributed by atoms with Crippen LogP contribution in [-0.4, -0.2) is 7.11 Å². The Morgan fingerprint density at radius 2 is 1.71 bits per heavy atom. The minimum atomic E-state index is 0.498. The molecular formula is C18H19NO2. The predicted octanol–water partition coefficient (Wildman–Crippen LogP) is 4.04. The van der Waals surface area contributed by atoms with Gasteiger partial charge in [-0.1, -0.05) is 35.9 Å². The second-order valence-corrected chi connectivity index (χ2v) is 4.92. The minimum Gasteiger partial charge on any atom is -0.493 e. The smallest absolute Gasteiger partial charge is 0.161 e. The summed E-state index contributed by atoms with van der Waals surface area (Å²) in [6, 6.07) is 16.2. The van der Waals surface area contributed by atoms with Crippen LogP contribution in [-0.2, 0) is 13.0 Å². The average molecular weight is 281 g/mol.